The molecule has 14 nitrogen and oxygen atoms in total. The molecule has 2 aliphatic heterocycles. The number of thiophene rings is 8. The maximum atomic E-state index is 14.6. The highest BCUT2D eigenvalue weighted by atomic mass is 32.1. The van der Waals surface area contributed by atoms with Crippen molar-refractivity contribution < 1.29 is 28.5 Å². The van der Waals surface area contributed by atoms with Crippen LogP contribution in [0.5, 0.6) is 23.0 Å². The minimum atomic E-state index is -0.670. The molecule has 8 aromatic heterocycles. The second-order valence-corrected chi connectivity index (χ2v) is 43.8. The van der Waals surface area contributed by atoms with E-state index < -0.39 is 22.8 Å². The Labute approximate surface area is 800 Å². The predicted molar refractivity (Wildman–Crippen MR) is 545 cm³/mol. The summed E-state index contributed by atoms with van der Waals surface area (Å²) in [6.45, 7) is 41.0. The van der Waals surface area contributed by atoms with E-state index in [1.54, 1.807) is 49.0 Å². The molecular formula is C108H116N8O6S8. The molecule has 0 N–H and O–H groups in total. The molecule has 0 fully saturated rings. The fourth-order valence-corrected chi connectivity index (χ4v) is 30.5. The van der Waals surface area contributed by atoms with E-state index >= 15 is 0 Å². The number of carbonyl (C=O) groups is 2. The van der Waals surface area contributed by atoms with Crippen LogP contribution in [0.15, 0.2) is 71.1 Å². The summed E-state index contributed by atoms with van der Waals surface area (Å²) in [6, 6.07) is 22.4. The van der Waals surface area contributed by atoms with Crippen molar-refractivity contribution in [3.63, 3.8) is 0 Å². The summed E-state index contributed by atoms with van der Waals surface area (Å²) in [5.41, 5.74) is 2.76. The Morgan fingerprint density at radius 2 is 0.700 bits per heavy atom. The lowest BCUT2D eigenvalue weighted by atomic mass is 9.81. The third-order valence-electron chi connectivity index (χ3n) is 26.4. The third-order valence-corrected chi connectivity index (χ3v) is 36.6. The second kappa shape index (κ2) is 46.1. The maximum Gasteiger partial charge on any atom is 0.527 e. The van der Waals surface area contributed by atoms with E-state index in [0.29, 0.717) is 26.8 Å². The van der Waals surface area contributed by atoms with Gasteiger partial charge in [0.05, 0.1) is 114 Å². The Balaban J connectivity index is 0.898. The van der Waals surface area contributed by atoms with Crippen molar-refractivity contribution in [1.82, 2.24) is 0 Å². The average molecular weight is 1880 g/mol. The topological polar surface area (TPSA) is 184 Å². The number of carbonyl (C=O) groups excluding carboxylic acids is 2. The Bertz CT molecular complexity index is 5870. The molecule has 4 aliphatic rings. The minimum absolute atomic E-state index is 0.0274. The van der Waals surface area contributed by atoms with Gasteiger partial charge in [0, 0.05) is 58.1 Å². The zero-order chi connectivity index (χ0) is 91.3. The van der Waals surface area contributed by atoms with Gasteiger partial charge in [0.1, 0.15) is 53.6 Å². The molecule has 0 atom stereocenters. The smallest absolute Gasteiger partial charge is 0.495 e. The van der Waals surface area contributed by atoms with E-state index in [0.717, 1.165) is 117 Å². The fraction of sp³-hybridized carbons (Fsp3) is 0.481. The van der Waals surface area contributed by atoms with Crippen molar-refractivity contribution >= 4 is 165 Å². The molecule has 22 heteroatoms. The summed E-state index contributed by atoms with van der Waals surface area (Å²) in [5.74, 6) is 2.11. The van der Waals surface area contributed by atoms with E-state index in [2.05, 4.69) is 71.3 Å². The van der Waals surface area contributed by atoms with Gasteiger partial charge in [-0.2, -0.15) is 30.7 Å². The molecule has 0 spiro atoms. The van der Waals surface area contributed by atoms with Gasteiger partial charge in [0.2, 0.25) is 11.4 Å². The molecule has 0 amide bonds. The second-order valence-electron chi connectivity index (χ2n) is 35.4. The third kappa shape index (κ3) is 20.7. The van der Waals surface area contributed by atoms with E-state index in [1.165, 1.54) is 302 Å². The van der Waals surface area contributed by atoms with Crippen LogP contribution in [0.4, 0.5) is 11.4 Å². The molecule has 672 valence electrons. The number of benzene rings is 2. The van der Waals surface area contributed by atoms with Gasteiger partial charge >= 0.3 is 5.82 Å². The summed E-state index contributed by atoms with van der Waals surface area (Å²) in [4.78, 5) is 53.7. The molecule has 130 heavy (non-hydrogen) atoms. The van der Waals surface area contributed by atoms with Crippen LogP contribution in [0.2, 0.25) is 0 Å². The summed E-state index contributed by atoms with van der Waals surface area (Å²) in [5, 5.41) is 40.9. The van der Waals surface area contributed by atoms with Crippen LogP contribution in [-0.2, 0) is 11.2 Å². The summed E-state index contributed by atoms with van der Waals surface area (Å²) < 4.78 is 36.4. The fourth-order valence-electron chi connectivity index (χ4n) is 19.6. The number of hydrogen-bond donors (Lipinski definition) is 0. The molecule has 10 aromatic rings. The van der Waals surface area contributed by atoms with E-state index in [-0.39, 0.29) is 72.9 Å². The first kappa shape index (κ1) is 96.3. The van der Waals surface area contributed by atoms with Crippen LogP contribution in [-0.4, -0.2) is 25.8 Å². The zero-order valence-corrected chi connectivity index (χ0v) is 82.7. The minimum Gasteiger partial charge on any atom is -0.495 e. The average Bonchev–Trinajstić information content (AvgIpc) is 1.52. The molecule has 0 bridgehead atoms. The molecule has 2 aromatic carbocycles. The number of rotatable bonds is 50. The lowest BCUT2D eigenvalue weighted by Gasteiger charge is -2.39. The van der Waals surface area contributed by atoms with Gasteiger partial charge in [-0.3, -0.25) is 9.59 Å². The van der Waals surface area contributed by atoms with Crippen LogP contribution in [0, 0.1) is 71.6 Å². The quantitative estimate of drug-likeness (QED) is 0.0154. The molecule has 0 radical (unpaired) electrons. The number of nitriles is 4. The first-order valence-electron chi connectivity index (χ1n) is 47.7. The summed E-state index contributed by atoms with van der Waals surface area (Å²) in [6.07, 6.45) is 55.8. The number of allylic oxidation sites excluding steroid dienone is 5. The highest BCUT2D eigenvalue weighted by Gasteiger charge is 2.50. The molecule has 0 unspecified atom stereocenters. The Kier molecular flexibility index (Phi) is 34.1. The van der Waals surface area contributed by atoms with E-state index in [4.69, 9.17) is 45.2 Å². The van der Waals surface area contributed by atoms with Gasteiger partial charge in [0.25, 0.3) is 0 Å². The number of ketones is 2. The lowest BCUT2D eigenvalue weighted by molar-refractivity contribution is 0.0421. The number of fused-ring (bicyclic) bond motifs is 15. The maximum absolute atomic E-state index is 14.6. The number of unbranched alkanes of at least 4 members (excludes halogenated alkanes) is 36. The Hall–Kier alpha value is -9.76. The first-order chi connectivity index (χ1) is 63.7. The number of Topliss-reactive ketones (excluding diaryl/α,β-unsaturated/α-hetero) is 2. The molecular weight excluding hydrogens is 1760 g/mol. The van der Waals surface area contributed by atoms with Gasteiger partial charge in [0.15, 0.2) is 23.1 Å². The predicted octanol–water partition coefficient (Wildman–Crippen LogP) is 36.5. The lowest BCUT2D eigenvalue weighted by Crippen LogP contribution is -2.35. The van der Waals surface area contributed by atoms with Gasteiger partial charge < -0.3 is 18.9 Å². The van der Waals surface area contributed by atoms with Crippen molar-refractivity contribution in [2.75, 3.05) is 14.2 Å². The molecule has 0 saturated heterocycles. The molecule has 10 heterocycles. The van der Waals surface area contributed by atoms with Crippen LogP contribution >= 0.6 is 90.7 Å². The monoisotopic (exact) mass is 1880 g/mol. The highest BCUT2D eigenvalue weighted by molar-refractivity contribution is 7.38. The first-order valence-corrected chi connectivity index (χ1v) is 54.2. The van der Waals surface area contributed by atoms with Crippen molar-refractivity contribution in [2.24, 2.45) is 0 Å². The van der Waals surface area contributed by atoms with Crippen LogP contribution < -0.4 is 18.9 Å². The normalized spacial score (nSPS) is 14.3. The van der Waals surface area contributed by atoms with Crippen molar-refractivity contribution in [3.8, 4) is 86.3 Å². The van der Waals surface area contributed by atoms with Crippen LogP contribution in [0.3, 0.4) is 0 Å². The van der Waals surface area contributed by atoms with Crippen LogP contribution in [0.1, 0.15) is 374 Å². The number of nitrogens with zero attached hydrogens (tertiary/aromatic N) is 8. The van der Waals surface area contributed by atoms with Crippen molar-refractivity contribution in [3.05, 3.63) is 171 Å². The van der Waals surface area contributed by atoms with Crippen LogP contribution in [0.25, 0.3) is 110 Å². The molecule has 2 aliphatic carbocycles. The van der Waals surface area contributed by atoms with E-state index in [9.17, 15) is 30.6 Å². The Morgan fingerprint density at radius 1 is 0.377 bits per heavy atom. The number of ether oxygens (including phenoxy) is 4. The standard InChI is InChI=1S/C108H116N8O6S8/c1-11-15-19-23-27-31-35-39-43-47-51-107(52-48-44-40-36-32-28-24-20-16-12-2)90-98-86(63-84(125-98)96-82(119-9)59-72(123-96)57-78-88(71(67-111)68-112)74-55-69(65-109)81(114-6)62-77(74)93(78)118)127-100(90)102-94(121-107)104-105(129-102)95-103(130-104)101-91(108(122-95,53-49-45-41-37-33-29-25-21-17-13-3)54-50-46-42-38-34-30-26-22-18-14-4)99-87(128-101)64-85(126-99)97-83(120-10)60-73(124-97)58-79-89(106(115-7)116-8)75-61-80(113-5)70(66-110)56-76(75)92(79)117/h55-64H,11-54H2,1-4,9-10H3/b78-57-,79-58-. The van der Waals surface area contributed by atoms with Crippen molar-refractivity contribution in [1.29, 1.82) is 21.0 Å². The van der Waals surface area contributed by atoms with Gasteiger partial charge in [-0.1, -0.05) is 259 Å². The summed E-state index contributed by atoms with van der Waals surface area (Å²) in [7, 11) is 3.34. The van der Waals surface area contributed by atoms with Gasteiger partial charge in [-0.05, 0) is 123 Å². The molecule has 0 saturated carbocycles. The largest absolute Gasteiger partial charge is 0.527 e. The SMILES string of the molecule is [C-]#[N+]C([N+]#[C-])=C1/C(=C/c2cc(OC)c(-c3cc4sc5c(c4s3)C(CCCCCCCCCCCC)(CCCCCCCCCCCC)Oc3c-5sc4c5c(sc34)-c3sc4cc(-c6sc(/C=C7\C(=O)c8cc([N+]#[C-])c(C#N)cc8C7=C(C#N)C#N)cc6OC)sc4c3C(CCCCCCCCCCCC)(CCCCCCCCCCCC)O5)s2)C(=O)c2cc(C#N)c([N+]#[C-])cc21. The number of methoxy groups -OCH3 is 2. The Morgan fingerprint density at radius 3 is 1.03 bits per heavy atom. The summed E-state index contributed by atoms with van der Waals surface area (Å²) >= 11 is 14.0. The number of hydrogen-bond acceptors (Lipinski definition) is 18. The van der Waals surface area contributed by atoms with Crippen molar-refractivity contribution in [2.45, 2.75) is 321 Å². The van der Waals surface area contributed by atoms with E-state index in [1.807, 2.05) is 69.6 Å². The molecule has 14 rings (SSSR count). The van der Waals surface area contributed by atoms with Gasteiger partial charge in [-0.25, -0.2) is 9.69 Å². The van der Waals surface area contributed by atoms with Gasteiger partial charge in [-0.15, -0.1) is 90.7 Å². The highest BCUT2D eigenvalue weighted by Crippen LogP contribution is 2.69. The zero-order valence-electron chi connectivity index (χ0n) is 76.2.